The molecule has 0 N–H and O–H groups in total. The molecule has 2 nitrogen and oxygen atoms in total. The van der Waals surface area contributed by atoms with Gasteiger partial charge in [-0.2, -0.15) is 0 Å². The molecule has 0 saturated carbocycles. The van der Waals surface area contributed by atoms with E-state index >= 15 is 0 Å². The number of rotatable bonds is 1. The van der Waals surface area contributed by atoms with Crippen LogP contribution in [0.5, 0.6) is 0 Å². The zero-order valence-corrected chi connectivity index (χ0v) is 10.7. The highest BCUT2D eigenvalue weighted by atomic mass is 35.5. The van der Waals surface area contributed by atoms with E-state index < -0.39 is 0 Å². The van der Waals surface area contributed by atoms with Crippen LogP contribution >= 0.6 is 0 Å². The van der Waals surface area contributed by atoms with Crippen molar-refractivity contribution in [2.75, 3.05) is 0 Å². The molecule has 2 aromatic rings. The van der Waals surface area contributed by atoms with Gasteiger partial charge in [-0.05, 0) is 19.8 Å². The molecule has 0 aliphatic carbocycles. The van der Waals surface area contributed by atoms with Gasteiger partial charge in [0.25, 0.3) is 0 Å². The second kappa shape index (κ2) is 4.92. The summed E-state index contributed by atoms with van der Waals surface area (Å²) in [5.74, 6) is 1.25. The smallest absolute Gasteiger partial charge is 0.109 e. The summed E-state index contributed by atoms with van der Waals surface area (Å²) in [6, 6.07) is 8.61. The predicted octanol–water partition coefficient (Wildman–Crippen LogP) is 0.199. The minimum Gasteiger partial charge on any atom is -1.00 e. The highest BCUT2D eigenvalue weighted by molar-refractivity contribution is 5.59. The molecule has 1 aliphatic rings. The Kier molecular flexibility index (Phi) is 3.53. The Hall–Kier alpha value is -1.28. The largest absolute Gasteiger partial charge is 1.00 e. The summed E-state index contributed by atoms with van der Waals surface area (Å²) >= 11 is 0. The molecule has 0 radical (unpaired) electrons. The number of benzene rings is 1. The van der Waals surface area contributed by atoms with Crippen LogP contribution in [0.3, 0.4) is 0 Å². The van der Waals surface area contributed by atoms with E-state index in [1.54, 1.807) is 0 Å². The summed E-state index contributed by atoms with van der Waals surface area (Å²) < 4.78 is 2.30. The van der Waals surface area contributed by atoms with Crippen LogP contribution in [0.2, 0.25) is 0 Å². The summed E-state index contributed by atoms with van der Waals surface area (Å²) in [6.07, 6.45) is 5.89. The number of aryl methyl sites for hydroxylation is 3. The maximum absolute atomic E-state index is 4.71. The van der Waals surface area contributed by atoms with E-state index in [1.165, 1.54) is 29.8 Å². The van der Waals surface area contributed by atoms with Crippen molar-refractivity contribution in [2.45, 2.75) is 32.7 Å². The van der Waals surface area contributed by atoms with Crippen LogP contribution in [-0.2, 0) is 13.0 Å². The molecule has 1 aliphatic heterocycles. The van der Waals surface area contributed by atoms with Crippen LogP contribution in [0.1, 0.15) is 24.2 Å². The van der Waals surface area contributed by atoms with Gasteiger partial charge in [-0.25, -0.2) is 4.98 Å². The number of halogens is 1. The van der Waals surface area contributed by atoms with E-state index in [9.17, 15) is 0 Å². The molecule has 90 valence electrons. The van der Waals surface area contributed by atoms with Gasteiger partial charge in [0, 0.05) is 24.7 Å². The summed E-state index contributed by atoms with van der Waals surface area (Å²) in [7, 11) is 0. The van der Waals surface area contributed by atoms with Gasteiger partial charge in [0.05, 0.1) is 5.69 Å². The van der Waals surface area contributed by atoms with Gasteiger partial charge >= 0.3 is 0 Å². The maximum atomic E-state index is 4.71. The molecule has 0 unspecified atom stereocenters. The molecule has 0 bridgehead atoms. The molecular weight excluding hydrogens is 232 g/mol. The molecule has 0 saturated heterocycles. The van der Waals surface area contributed by atoms with Gasteiger partial charge < -0.3 is 17.0 Å². The Labute approximate surface area is 108 Å². The second-order valence-corrected chi connectivity index (χ2v) is 4.56. The highest BCUT2D eigenvalue weighted by Gasteiger charge is 2.12. The van der Waals surface area contributed by atoms with Crippen molar-refractivity contribution in [1.82, 2.24) is 9.55 Å². The van der Waals surface area contributed by atoms with Crippen molar-refractivity contribution in [3.63, 3.8) is 0 Å². The average Bonchev–Trinajstić information content (AvgIpc) is 2.73. The lowest BCUT2D eigenvalue weighted by Crippen LogP contribution is -3.00. The first kappa shape index (κ1) is 12.2. The first-order valence-electron chi connectivity index (χ1n) is 5.96. The van der Waals surface area contributed by atoms with Crippen LogP contribution in [0.15, 0.2) is 30.5 Å². The van der Waals surface area contributed by atoms with Crippen molar-refractivity contribution in [2.24, 2.45) is 0 Å². The maximum Gasteiger partial charge on any atom is 0.109 e. The SMILES string of the molecule is Cc1ccc(-c2cn3c(n2)CCCC3)cc1.[Cl-]. The lowest BCUT2D eigenvalue weighted by Gasteiger charge is -2.11. The van der Waals surface area contributed by atoms with Crippen molar-refractivity contribution in [1.29, 1.82) is 0 Å². The first-order valence-corrected chi connectivity index (χ1v) is 5.96. The number of aromatic nitrogens is 2. The van der Waals surface area contributed by atoms with Gasteiger partial charge in [0.1, 0.15) is 5.82 Å². The molecule has 2 heterocycles. The third-order valence-corrected chi connectivity index (χ3v) is 3.26. The van der Waals surface area contributed by atoms with Crippen LogP contribution in [0.25, 0.3) is 11.3 Å². The van der Waals surface area contributed by atoms with Gasteiger partial charge in [0.2, 0.25) is 0 Å². The summed E-state index contributed by atoms with van der Waals surface area (Å²) in [5.41, 5.74) is 3.65. The monoisotopic (exact) mass is 247 g/mol. The van der Waals surface area contributed by atoms with Gasteiger partial charge in [-0.3, -0.25) is 0 Å². The highest BCUT2D eigenvalue weighted by Crippen LogP contribution is 2.22. The summed E-state index contributed by atoms with van der Waals surface area (Å²) in [5, 5.41) is 0. The second-order valence-electron chi connectivity index (χ2n) is 4.56. The van der Waals surface area contributed by atoms with Crippen molar-refractivity contribution >= 4 is 0 Å². The molecule has 1 aromatic carbocycles. The topological polar surface area (TPSA) is 17.8 Å². The molecule has 17 heavy (non-hydrogen) atoms. The van der Waals surface area contributed by atoms with Crippen LogP contribution in [0.4, 0.5) is 0 Å². The Bertz CT molecular complexity index is 476. The van der Waals surface area contributed by atoms with E-state index in [0.717, 1.165) is 18.7 Å². The van der Waals surface area contributed by atoms with E-state index in [2.05, 4.69) is 42.0 Å². The lowest BCUT2D eigenvalue weighted by atomic mass is 10.1. The Morgan fingerprint density at radius 3 is 2.59 bits per heavy atom. The lowest BCUT2D eigenvalue weighted by molar-refractivity contribution is -0.00000341. The van der Waals surface area contributed by atoms with Gasteiger partial charge in [-0.1, -0.05) is 29.8 Å². The van der Waals surface area contributed by atoms with Crippen molar-refractivity contribution < 1.29 is 12.4 Å². The standard InChI is InChI=1S/C14H16N2.ClH/c1-11-5-7-12(8-6-11)13-10-16-9-3-2-4-14(16)15-13;/h5-8,10H,2-4,9H2,1H3;1H/p-1. The normalized spacial score (nSPS) is 13.9. The Morgan fingerprint density at radius 1 is 1.12 bits per heavy atom. The number of imidazole rings is 1. The van der Waals surface area contributed by atoms with E-state index in [0.29, 0.717) is 0 Å². The predicted molar refractivity (Wildman–Crippen MR) is 65.3 cm³/mol. The van der Waals surface area contributed by atoms with Crippen LogP contribution in [-0.4, -0.2) is 9.55 Å². The number of hydrogen-bond donors (Lipinski definition) is 0. The fraction of sp³-hybridized carbons (Fsp3) is 0.357. The minimum absolute atomic E-state index is 0. The quantitative estimate of drug-likeness (QED) is 0.704. The number of nitrogens with zero attached hydrogens (tertiary/aromatic N) is 2. The first-order chi connectivity index (χ1) is 7.83. The van der Waals surface area contributed by atoms with E-state index in [4.69, 9.17) is 4.98 Å². The fourth-order valence-electron chi connectivity index (χ4n) is 2.28. The summed E-state index contributed by atoms with van der Waals surface area (Å²) in [4.78, 5) is 4.71. The molecule has 0 fully saturated rings. The van der Waals surface area contributed by atoms with Crippen molar-refractivity contribution in [3.05, 3.63) is 41.9 Å². The molecule has 1 aromatic heterocycles. The molecule has 3 heteroatoms. The molecule has 0 amide bonds. The van der Waals surface area contributed by atoms with E-state index in [1.807, 2.05) is 0 Å². The Morgan fingerprint density at radius 2 is 1.88 bits per heavy atom. The molecule has 0 atom stereocenters. The zero-order valence-electron chi connectivity index (χ0n) is 9.99. The molecular formula is C14H16ClN2-. The Balaban J connectivity index is 0.00000108. The van der Waals surface area contributed by atoms with Crippen molar-refractivity contribution in [3.8, 4) is 11.3 Å². The third kappa shape index (κ3) is 2.37. The number of fused-ring (bicyclic) bond motifs is 1. The summed E-state index contributed by atoms with van der Waals surface area (Å²) in [6.45, 7) is 3.25. The van der Waals surface area contributed by atoms with Crippen LogP contribution < -0.4 is 12.4 Å². The zero-order chi connectivity index (χ0) is 11.0. The molecule has 3 rings (SSSR count). The fourth-order valence-corrected chi connectivity index (χ4v) is 2.28. The van der Waals surface area contributed by atoms with Gasteiger partial charge in [-0.15, -0.1) is 0 Å². The van der Waals surface area contributed by atoms with Crippen LogP contribution in [0, 0.1) is 6.92 Å². The minimum atomic E-state index is 0. The third-order valence-electron chi connectivity index (χ3n) is 3.26. The molecule has 0 spiro atoms. The van der Waals surface area contributed by atoms with E-state index in [-0.39, 0.29) is 12.4 Å². The van der Waals surface area contributed by atoms with Gasteiger partial charge in [0.15, 0.2) is 0 Å². The average molecular weight is 248 g/mol. The number of hydrogen-bond acceptors (Lipinski definition) is 1.